The lowest BCUT2D eigenvalue weighted by Crippen LogP contribution is -2.45. The summed E-state index contributed by atoms with van der Waals surface area (Å²) in [7, 11) is 0. The molecule has 0 spiro atoms. The van der Waals surface area contributed by atoms with Crippen LogP contribution in [0, 0.1) is 16.7 Å². The molecule has 0 unspecified atom stereocenters. The van der Waals surface area contributed by atoms with Gasteiger partial charge in [0.05, 0.1) is 23.6 Å². The number of esters is 1. The quantitative estimate of drug-likeness (QED) is 0.688. The third kappa shape index (κ3) is 5.74. The molecule has 1 aliphatic rings. The second-order valence-corrected chi connectivity index (χ2v) is 9.88. The molecular formula is C22H34N4O4. The first-order valence-electron chi connectivity index (χ1n) is 10.5. The predicted molar refractivity (Wildman–Crippen MR) is 112 cm³/mol. The molecule has 0 aromatic carbocycles. The van der Waals surface area contributed by atoms with Gasteiger partial charge in [-0.15, -0.1) is 0 Å². The Kier molecular flexibility index (Phi) is 6.85. The van der Waals surface area contributed by atoms with E-state index in [1.165, 1.54) is 0 Å². The van der Waals surface area contributed by atoms with Crippen LogP contribution in [0.25, 0.3) is 0 Å². The molecule has 0 N–H and O–H groups in total. The number of piperidine rings is 1. The van der Waals surface area contributed by atoms with Crippen molar-refractivity contribution in [1.29, 1.82) is 5.26 Å². The molecule has 0 saturated carbocycles. The van der Waals surface area contributed by atoms with E-state index in [4.69, 9.17) is 9.47 Å². The molecule has 166 valence electrons. The van der Waals surface area contributed by atoms with Crippen LogP contribution < -0.4 is 0 Å². The number of hydrogen-bond donors (Lipinski definition) is 0. The molecule has 30 heavy (non-hydrogen) atoms. The van der Waals surface area contributed by atoms with Gasteiger partial charge in [0, 0.05) is 24.8 Å². The average molecular weight is 419 g/mol. The molecule has 1 aromatic rings. The molecule has 1 aromatic heterocycles. The van der Waals surface area contributed by atoms with Crippen LogP contribution in [-0.2, 0) is 21.4 Å². The molecule has 8 heteroatoms. The highest BCUT2D eigenvalue weighted by atomic mass is 16.6. The lowest BCUT2D eigenvalue weighted by atomic mass is 9.75. The van der Waals surface area contributed by atoms with E-state index in [1.807, 2.05) is 47.7 Å². The molecule has 0 bridgehead atoms. The molecule has 1 saturated heterocycles. The van der Waals surface area contributed by atoms with Crippen molar-refractivity contribution in [2.75, 3.05) is 19.7 Å². The summed E-state index contributed by atoms with van der Waals surface area (Å²) >= 11 is 0. The third-order valence-electron chi connectivity index (χ3n) is 5.08. The zero-order valence-electron chi connectivity index (χ0n) is 19.2. The molecule has 1 fully saturated rings. The Balaban J connectivity index is 2.22. The van der Waals surface area contributed by atoms with E-state index < -0.39 is 17.0 Å². The van der Waals surface area contributed by atoms with Gasteiger partial charge < -0.3 is 14.4 Å². The van der Waals surface area contributed by atoms with Gasteiger partial charge >= 0.3 is 12.1 Å². The number of carbonyl (C=O) groups excluding carboxylic acids is 2. The Morgan fingerprint density at radius 1 is 1.20 bits per heavy atom. The number of likely N-dealkylation sites (tertiary alicyclic amines) is 1. The summed E-state index contributed by atoms with van der Waals surface area (Å²) in [6.07, 6.45) is 2.88. The molecule has 0 aliphatic carbocycles. The maximum absolute atomic E-state index is 12.5. The number of ether oxygens (including phenoxy) is 2. The molecular weight excluding hydrogens is 384 g/mol. The summed E-state index contributed by atoms with van der Waals surface area (Å²) in [5.41, 5.74) is -0.575. The first-order valence-corrected chi connectivity index (χ1v) is 10.5. The maximum Gasteiger partial charge on any atom is 0.410 e. The van der Waals surface area contributed by atoms with E-state index in [1.54, 1.807) is 16.5 Å². The van der Waals surface area contributed by atoms with Crippen molar-refractivity contribution >= 4 is 12.1 Å². The average Bonchev–Trinajstić information content (AvgIpc) is 3.05. The van der Waals surface area contributed by atoms with Crippen molar-refractivity contribution in [3.8, 4) is 6.07 Å². The van der Waals surface area contributed by atoms with E-state index in [0.29, 0.717) is 37.9 Å². The van der Waals surface area contributed by atoms with Crippen LogP contribution in [0.3, 0.4) is 0 Å². The largest absolute Gasteiger partial charge is 0.461 e. The Morgan fingerprint density at radius 3 is 2.27 bits per heavy atom. The van der Waals surface area contributed by atoms with Crippen molar-refractivity contribution in [2.45, 2.75) is 78.9 Å². The van der Waals surface area contributed by atoms with Crippen LogP contribution in [0.15, 0.2) is 6.20 Å². The standard InChI is InChI=1S/C22H34N4O4/c1-8-29-18(27)17-16(14-26(24-17)20(2,3)4)13-22(15-23)9-11-25(12-10-22)19(28)30-21(5,6)7/h14H,8-13H2,1-7H3. The Bertz CT molecular complexity index is 816. The smallest absolute Gasteiger partial charge is 0.410 e. The first kappa shape index (κ1) is 23.7. The zero-order valence-corrected chi connectivity index (χ0v) is 19.2. The normalized spacial score (nSPS) is 16.7. The van der Waals surface area contributed by atoms with Crippen molar-refractivity contribution in [1.82, 2.24) is 14.7 Å². The lowest BCUT2D eigenvalue weighted by molar-refractivity contribution is 0.0148. The number of nitrogens with zero attached hydrogens (tertiary/aromatic N) is 4. The van der Waals surface area contributed by atoms with Gasteiger partial charge in [-0.1, -0.05) is 0 Å². The minimum Gasteiger partial charge on any atom is -0.461 e. The number of nitriles is 1. The van der Waals surface area contributed by atoms with Crippen LogP contribution in [0.5, 0.6) is 0 Å². The van der Waals surface area contributed by atoms with E-state index in [0.717, 1.165) is 0 Å². The molecule has 8 nitrogen and oxygen atoms in total. The van der Waals surface area contributed by atoms with Gasteiger partial charge in [0.1, 0.15) is 5.60 Å². The SMILES string of the molecule is CCOC(=O)c1nn(C(C)(C)C)cc1CC1(C#N)CCN(C(=O)OC(C)(C)C)CC1. The number of aromatic nitrogens is 2. The van der Waals surface area contributed by atoms with Crippen LogP contribution in [0.2, 0.25) is 0 Å². The lowest BCUT2D eigenvalue weighted by Gasteiger charge is -2.37. The Morgan fingerprint density at radius 2 is 1.80 bits per heavy atom. The van der Waals surface area contributed by atoms with Crippen LogP contribution >= 0.6 is 0 Å². The van der Waals surface area contributed by atoms with Crippen molar-refractivity contribution < 1.29 is 19.1 Å². The van der Waals surface area contributed by atoms with E-state index >= 15 is 0 Å². The first-order chi connectivity index (χ1) is 13.8. The Hall–Kier alpha value is -2.56. The van der Waals surface area contributed by atoms with Crippen molar-refractivity contribution in [2.24, 2.45) is 5.41 Å². The summed E-state index contributed by atoms with van der Waals surface area (Å²) < 4.78 is 12.4. The fourth-order valence-corrected chi connectivity index (χ4v) is 3.39. The van der Waals surface area contributed by atoms with Gasteiger partial charge in [0.25, 0.3) is 0 Å². The summed E-state index contributed by atoms with van der Waals surface area (Å²) in [6.45, 7) is 14.4. The van der Waals surface area contributed by atoms with Gasteiger partial charge in [-0.3, -0.25) is 4.68 Å². The summed E-state index contributed by atoms with van der Waals surface area (Å²) in [4.78, 5) is 26.5. The van der Waals surface area contributed by atoms with Gasteiger partial charge in [-0.25, -0.2) is 9.59 Å². The molecule has 1 aliphatic heterocycles. The molecule has 2 heterocycles. The highest BCUT2D eigenvalue weighted by Gasteiger charge is 2.39. The van der Waals surface area contributed by atoms with Gasteiger partial charge in [0.2, 0.25) is 0 Å². The van der Waals surface area contributed by atoms with Crippen LogP contribution in [-0.4, -0.2) is 52.0 Å². The molecule has 1 amide bonds. The Labute approximate surface area is 179 Å². The fraction of sp³-hybridized carbons (Fsp3) is 0.727. The number of carbonyl (C=O) groups is 2. The number of hydrogen-bond acceptors (Lipinski definition) is 6. The monoisotopic (exact) mass is 418 g/mol. The molecule has 0 radical (unpaired) electrons. The maximum atomic E-state index is 12.5. The second-order valence-electron chi connectivity index (χ2n) is 9.88. The summed E-state index contributed by atoms with van der Waals surface area (Å²) in [6, 6.07) is 2.45. The third-order valence-corrected chi connectivity index (χ3v) is 5.08. The van der Waals surface area contributed by atoms with Gasteiger partial charge in [-0.05, 0) is 67.7 Å². The minimum atomic E-state index is -0.675. The molecule has 2 rings (SSSR count). The van der Waals surface area contributed by atoms with E-state index in [2.05, 4.69) is 11.2 Å². The summed E-state index contributed by atoms with van der Waals surface area (Å²) in [5, 5.41) is 14.4. The fourth-order valence-electron chi connectivity index (χ4n) is 3.39. The number of rotatable bonds is 4. The molecule has 0 atom stereocenters. The highest BCUT2D eigenvalue weighted by Crippen LogP contribution is 2.36. The second kappa shape index (κ2) is 8.66. The minimum absolute atomic E-state index is 0.259. The van der Waals surface area contributed by atoms with Gasteiger partial charge in [0.15, 0.2) is 5.69 Å². The topological polar surface area (TPSA) is 97.5 Å². The van der Waals surface area contributed by atoms with Gasteiger partial charge in [-0.2, -0.15) is 10.4 Å². The summed E-state index contributed by atoms with van der Waals surface area (Å²) in [5.74, 6) is -0.477. The zero-order chi connectivity index (χ0) is 22.7. The van der Waals surface area contributed by atoms with Crippen molar-refractivity contribution in [3.63, 3.8) is 0 Å². The van der Waals surface area contributed by atoms with E-state index in [-0.39, 0.29) is 23.9 Å². The van der Waals surface area contributed by atoms with Crippen molar-refractivity contribution in [3.05, 3.63) is 17.5 Å². The van der Waals surface area contributed by atoms with Crippen LogP contribution in [0.1, 0.15) is 77.4 Å². The number of amides is 1. The predicted octanol–water partition coefficient (Wildman–Crippen LogP) is 3.90. The van der Waals surface area contributed by atoms with E-state index in [9.17, 15) is 14.9 Å². The highest BCUT2D eigenvalue weighted by molar-refractivity contribution is 5.88. The van der Waals surface area contributed by atoms with Crippen LogP contribution in [0.4, 0.5) is 4.79 Å².